The summed E-state index contributed by atoms with van der Waals surface area (Å²) in [6, 6.07) is 3.16. The number of nitrogens with zero attached hydrogens (tertiary/aromatic N) is 2. The van der Waals surface area contributed by atoms with Gasteiger partial charge in [0, 0.05) is 16.6 Å². The second-order valence-electron chi connectivity index (χ2n) is 3.87. The molecule has 3 N–H and O–H groups in total. The summed E-state index contributed by atoms with van der Waals surface area (Å²) in [6.45, 7) is 0. The molecule has 2 rings (SSSR count). The highest BCUT2D eigenvalue weighted by atomic mass is 32.1. The number of anilines is 1. The minimum atomic E-state index is -4.64. The molecule has 0 aliphatic heterocycles. The Morgan fingerprint density at radius 3 is 2.62 bits per heavy atom. The van der Waals surface area contributed by atoms with E-state index < -0.39 is 17.6 Å². The predicted octanol–water partition coefficient (Wildman–Crippen LogP) is 2.44. The molecule has 1 aromatic heterocycles. The first-order chi connectivity index (χ1) is 9.79. The second-order valence-corrected chi connectivity index (χ2v) is 4.92. The SMILES string of the molecule is NC(=S)c1ccc(NC(=O)c2csnn2)cc1C(F)(F)F. The largest absolute Gasteiger partial charge is 0.417 e. The second kappa shape index (κ2) is 5.74. The first-order valence-electron chi connectivity index (χ1n) is 5.38. The highest BCUT2D eigenvalue weighted by Gasteiger charge is 2.34. The minimum Gasteiger partial charge on any atom is -0.389 e. The van der Waals surface area contributed by atoms with Crippen molar-refractivity contribution in [1.29, 1.82) is 0 Å². The van der Waals surface area contributed by atoms with Gasteiger partial charge in [0.2, 0.25) is 0 Å². The monoisotopic (exact) mass is 332 g/mol. The molecular weight excluding hydrogens is 325 g/mol. The van der Waals surface area contributed by atoms with Crippen molar-refractivity contribution in [2.75, 3.05) is 5.32 Å². The van der Waals surface area contributed by atoms with Gasteiger partial charge in [0.1, 0.15) is 4.99 Å². The van der Waals surface area contributed by atoms with Gasteiger partial charge in [0.25, 0.3) is 5.91 Å². The highest BCUT2D eigenvalue weighted by molar-refractivity contribution is 7.80. The Hall–Kier alpha value is -2.07. The summed E-state index contributed by atoms with van der Waals surface area (Å²) in [4.78, 5) is 11.3. The maximum Gasteiger partial charge on any atom is 0.417 e. The Morgan fingerprint density at radius 1 is 1.38 bits per heavy atom. The van der Waals surface area contributed by atoms with Crippen molar-refractivity contribution in [3.63, 3.8) is 0 Å². The summed E-state index contributed by atoms with van der Waals surface area (Å²) in [5, 5.41) is 7.21. The van der Waals surface area contributed by atoms with Crippen LogP contribution in [0.15, 0.2) is 23.6 Å². The van der Waals surface area contributed by atoms with E-state index in [4.69, 9.17) is 5.73 Å². The number of rotatable bonds is 3. The lowest BCUT2D eigenvalue weighted by Crippen LogP contribution is -2.19. The molecule has 0 unspecified atom stereocenters. The van der Waals surface area contributed by atoms with Gasteiger partial charge in [-0.2, -0.15) is 13.2 Å². The number of carbonyl (C=O) groups excluding carboxylic acids is 1. The molecule has 10 heteroatoms. The third-order valence-corrected chi connectivity index (χ3v) is 3.17. The van der Waals surface area contributed by atoms with Crippen molar-refractivity contribution in [1.82, 2.24) is 9.59 Å². The number of nitrogens with one attached hydrogen (secondary N) is 1. The van der Waals surface area contributed by atoms with Gasteiger partial charge in [-0.25, -0.2) is 0 Å². The van der Waals surface area contributed by atoms with Gasteiger partial charge in [0.15, 0.2) is 5.69 Å². The topological polar surface area (TPSA) is 80.9 Å². The standard InChI is InChI=1S/C11H7F3N4OS2/c12-11(13,14)7-3-5(1-2-6(7)9(15)20)16-10(19)8-4-21-18-17-8/h1-4H,(H2,15,20)(H,16,19). The normalized spacial score (nSPS) is 11.2. The molecule has 5 nitrogen and oxygen atoms in total. The number of hydrogen-bond donors (Lipinski definition) is 2. The molecule has 0 atom stereocenters. The summed E-state index contributed by atoms with van der Waals surface area (Å²) in [6.07, 6.45) is -4.64. The molecule has 0 saturated heterocycles. The molecule has 110 valence electrons. The Bertz CT molecular complexity index is 685. The third kappa shape index (κ3) is 3.52. The molecule has 1 aromatic carbocycles. The maximum absolute atomic E-state index is 13.0. The predicted molar refractivity (Wildman–Crippen MR) is 75.2 cm³/mol. The molecule has 0 aliphatic carbocycles. The van der Waals surface area contributed by atoms with Gasteiger partial charge in [-0.15, -0.1) is 5.10 Å². The molecule has 0 aliphatic rings. The van der Waals surface area contributed by atoms with Crippen LogP contribution in [-0.2, 0) is 6.18 Å². The van der Waals surface area contributed by atoms with E-state index in [1.165, 1.54) is 11.4 Å². The number of hydrogen-bond acceptors (Lipinski definition) is 5. The minimum absolute atomic E-state index is 0.0204. The summed E-state index contributed by atoms with van der Waals surface area (Å²) >= 11 is 5.54. The third-order valence-electron chi connectivity index (χ3n) is 2.44. The van der Waals surface area contributed by atoms with E-state index in [0.29, 0.717) is 0 Å². The Kier molecular flexibility index (Phi) is 4.19. The van der Waals surface area contributed by atoms with Crippen LogP contribution in [0.1, 0.15) is 21.6 Å². The van der Waals surface area contributed by atoms with Gasteiger partial charge in [0.05, 0.1) is 5.56 Å². The number of thiocarbonyl (C=S) groups is 1. The van der Waals surface area contributed by atoms with Crippen molar-refractivity contribution in [3.05, 3.63) is 40.4 Å². The van der Waals surface area contributed by atoms with E-state index in [9.17, 15) is 18.0 Å². The smallest absolute Gasteiger partial charge is 0.389 e. The van der Waals surface area contributed by atoms with Crippen LogP contribution < -0.4 is 11.1 Å². The van der Waals surface area contributed by atoms with Crippen LogP contribution >= 0.6 is 23.8 Å². The lowest BCUT2D eigenvalue weighted by Gasteiger charge is -2.14. The van der Waals surface area contributed by atoms with Crippen LogP contribution in [0.5, 0.6) is 0 Å². The van der Waals surface area contributed by atoms with Gasteiger partial charge >= 0.3 is 6.18 Å². The molecule has 0 saturated carbocycles. The van der Waals surface area contributed by atoms with Crippen LogP contribution in [0.25, 0.3) is 0 Å². The Morgan fingerprint density at radius 2 is 2.10 bits per heavy atom. The lowest BCUT2D eigenvalue weighted by atomic mass is 10.1. The first kappa shape index (κ1) is 15.3. The fraction of sp³-hybridized carbons (Fsp3) is 0.0909. The Balaban J connectivity index is 2.34. The number of carbonyl (C=O) groups is 1. The molecule has 21 heavy (non-hydrogen) atoms. The molecule has 0 bridgehead atoms. The molecule has 0 spiro atoms. The number of amides is 1. The van der Waals surface area contributed by atoms with Crippen LogP contribution in [0, 0.1) is 0 Å². The zero-order valence-electron chi connectivity index (χ0n) is 10.1. The van der Waals surface area contributed by atoms with E-state index >= 15 is 0 Å². The van der Waals surface area contributed by atoms with E-state index in [1.54, 1.807) is 0 Å². The average molecular weight is 332 g/mol. The summed E-state index contributed by atoms with van der Waals surface area (Å²) in [5.74, 6) is -0.653. The van der Waals surface area contributed by atoms with Crippen molar-refractivity contribution >= 4 is 40.3 Å². The Labute approximate surface area is 126 Å². The molecule has 1 amide bonds. The lowest BCUT2D eigenvalue weighted by molar-refractivity contribution is -0.137. The van der Waals surface area contributed by atoms with Crippen molar-refractivity contribution in [2.45, 2.75) is 6.18 Å². The number of alkyl halides is 3. The number of halogens is 3. The van der Waals surface area contributed by atoms with E-state index in [1.807, 2.05) is 0 Å². The van der Waals surface area contributed by atoms with E-state index in [0.717, 1.165) is 23.7 Å². The van der Waals surface area contributed by atoms with Gasteiger partial charge in [-0.3, -0.25) is 4.79 Å². The molecule has 0 radical (unpaired) electrons. The average Bonchev–Trinajstić information content (AvgIpc) is 2.91. The number of benzene rings is 1. The maximum atomic E-state index is 13.0. The first-order valence-corrected chi connectivity index (χ1v) is 6.63. The number of aromatic nitrogens is 2. The van der Waals surface area contributed by atoms with Crippen LogP contribution in [0.3, 0.4) is 0 Å². The van der Waals surface area contributed by atoms with E-state index in [2.05, 4.69) is 27.1 Å². The van der Waals surface area contributed by atoms with Crippen LogP contribution in [0.2, 0.25) is 0 Å². The molecule has 1 heterocycles. The fourth-order valence-corrected chi connectivity index (χ4v) is 2.14. The van der Waals surface area contributed by atoms with Crippen molar-refractivity contribution in [3.8, 4) is 0 Å². The summed E-state index contributed by atoms with van der Waals surface area (Å²) in [5.41, 5.74) is 3.94. The molecule has 0 fully saturated rings. The van der Waals surface area contributed by atoms with Crippen molar-refractivity contribution in [2.24, 2.45) is 5.73 Å². The van der Waals surface area contributed by atoms with Crippen LogP contribution in [-0.4, -0.2) is 20.5 Å². The fourth-order valence-electron chi connectivity index (χ4n) is 1.53. The number of nitrogens with two attached hydrogens (primary N) is 1. The highest BCUT2D eigenvalue weighted by Crippen LogP contribution is 2.33. The van der Waals surface area contributed by atoms with Gasteiger partial charge in [-0.05, 0) is 29.7 Å². The molecule has 2 aromatic rings. The van der Waals surface area contributed by atoms with E-state index in [-0.39, 0.29) is 21.9 Å². The van der Waals surface area contributed by atoms with Gasteiger partial charge in [-0.1, -0.05) is 16.7 Å². The van der Waals surface area contributed by atoms with Crippen LogP contribution in [0.4, 0.5) is 18.9 Å². The zero-order chi connectivity index (χ0) is 15.6. The quantitative estimate of drug-likeness (QED) is 0.844. The van der Waals surface area contributed by atoms with Crippen molar-refractivity contribution < 1.29 is 18.0 Å². The van der Waals surface area contributed by atoms with Gasteiger partial charge < -0.3 is 11.1 Å². The summed E-state index contributed by atoms with van der Waals surface area (Å²) in [7, 11) is 0. The summed E-state index contributed by atoms with van der Waals surface area (Å²) < 4.78 is 42.3. The zero-order valence-corrected chi connectivity index (χ0v) is 11.8. The molecular formula is C11H7F3N4OS2.